The molecule has 0 radical (unpaired) electrons. The van der Waals surface area contributed by atoms with Crippen LogP contribution in [0.2, 0.25) is 0 Å². The van der Waals surface area contributed by atoms with Crippen LogP contribution in [0.15, 0.2) is 54.6 Å². The molecule has 10 nitrogen and oxygen atoms in total. The molecule has 10 heteroatoms. The summed E-state index contributed by atoms with van der Waals surface area (Å²) >= 11 is 0. The fraction of sp³-hybridized carbons (Fsp3) is 0.227. The molecule has 0 bridgehead atoms. The van der Waals surface area contributed by atoms with Crippen molar-refractivity contribution in [1.29, 1.82) is 0 Å². The largest absolute Gasteiger partial charge is 0.449 e. The first-order chi connectivity index (χ1) is 15.3. The van der Waals surface area contributed by atoms with Gasteiger partial charge < -0.3 is 15.4 Å². The highest BCUT2D eigenvalue weighted by molar-refractivity contribution is 6.02. The number of carbonyl (C=O) groups excluding carboxylic acids is 5. The maximum Gasteiger partial charge on any atom is 0.338 e. The number of carbonyl (C=O) groups is 5. The second-order valence-corrected chi connectivity index (χ2v) is 7.04. The number of amides is 6. The number of esters is 1. The van der Waals surface area contributed by atoms with Gasteiger partial charge in [0.05, 0.1) is 18.7 Å². The maximum atomic E-state index is 12.3. The summed E-state index contributed by atoms with van der Waals surface area (Å²) in [5.74, 6) is -1.84. The van der Waals surface area contributed by atoms with Crippen molar-refractivity contribution in [1.82, 2.24) is 20.9 Å². The summed E-state index contributed by atoms with van der Waals surface area (Å²) in [6.07, 6.45) is -1.20. The van der Waals surface area contributed by atoms with Gasteiger partial charge in [-0.1, -0.05) is 42.5 Å². The van der Waals surface area contributed by atoms with Gasteiger partial charge in [-0.05, 0) is 30.2 Å². The van der Waals surface area contributed by atoms with E-state index in [0.717, 1.165) is 10.5 Å². The smallest absolute Gasteiger partial charge is 0.338 e. The van der Waals surface area contributed by atoms with Crippen molar-refractivity contribution in [2.45, 2.75) is 26.1 Å². The van der Waals surface area contributed by atoms with E-state index in [2.05, 4.69) is 16.0 Å². The Labute approximate surface area is 183 Å². The number of urea groups is 2. The van der Waals surface area contributed by atoms with Crippen LogP contribution in [0.5, 0.6) is 0 Å². The van der Waals surface area contributed by atoms with Gasteiger partial charge in [-0.15, -0.1) is 0 Å². The molecule has 0 spiro atoms. The van der Waals surface area contributed by atoms with Gasteiger partial charge in [-0.25, -0.2) is 14.4 Å². The fourth-order valence-corrected chi connectivity index (χ4v) is 2.86. The van der Waals surface area contributed by atoms with E-state index in [0.29, 0.717) is 5.56 Å². The number of nitrogens with one attached hydrogen (secondary N) is 3. The topological polar surface area (TPSA) is 134 Å². The van der Waals surface area contributed by atoms with Crippen molar-refractivity contribution in [3.63, 3.8) is 0 Å². The van der Waals surface area contributed by atoms with Gasteiger partial charge in [0.25, 0.3) is 5.91 Å². The molecule has 0 aliphatic carbocycles. The van der Waals surface area contributed by atoms with Crippen LogP contribution in [0.1, 0.15) is 28.4 Å². The van der Waals surface area contributed by atoms with Crippen LogP contribution in [0.3, 0.4) is 0 Å². The molecular weight excluding hydrogens is 416 g/mol. The minimum atomic E-state index is -1.20. The molecule has 1 saturated heterocycles. The zero-order chi connectivity index (χ0) is 23.1. The lowest BCUT2D eigenvalue weighted by atomic mass is 10.1. The molecule has 3 rings (SSSR count). The van der Waals surface area contributed by atoms with E-state index in [4.69, 9.17) is 4.74 Å². The Hall–Kier alpha value is -4.21. The first kappa shape index (κ1) is 22.5. The zero-order valence-corrected chi connectivity index (χ0v) is 17.3. The molecule has 1 unspecified atom stereocenters. The molecule has 1 aliphatic heterocycles. The Morgan fingerprint density at radius 1 is 1.03 bits per heavy atom. The van der Waals surface area contributed by atoms with E-state index in [9.17, 15) is 24.0 Å². The Kier molecular flexibility index (Phi) is 7.17. The lowest BCUT2D eigenvalue weighted by Crippen LogP contribution is -2.44. The van der Waals surface area contributed by atoms with Crippen LogP contribution in [0.4, 0.5) is 9.59 Å². The molecule has 2 aromatic rings. The number of hydrogen-bond acceptors (Lipinski definition) is 6. The van der Waals surface area contributed by atoms with E-state index in [1.54, 1.807) is 12.1 Å². The van der Waals surface area contributed by atoms with Crippen LogP contribution in [0, 0.1) is 0 Å². The first-order valence-electron chi connectivity index (χ1n) is 9.84. The Morgan fingerprint density at radius 3 is 2.34 bits per heavy atom. The third-order valence-corrected chi connectivity index (χ3v) is 4.65. The average molecular weight is 438 g/mol. The molecule has 1 aliphatic rings. The quantitative estimate of drug-likeness (QED) is 0.441. The number of benzene rings is 2. The van der Waals surface area contributed by atoms with Crippen LogP contribution in [-0.4, -0.2) is 47.4 Å². The predicted molar refractivity (Wildman–Crippen MR) is 112 cm³/mol. The van der Waals surface area contributed by atoms with Gasteiger partial charge in [-0.2, -0.15) is 0 Å². The monoisotopic (exact) mass is 438 g/mol. The fourth-order valence-electron chi connectivity index (χ4n) is 2.86. The van der Waals surface area contributed by atoms with Crippen LogP contribution < -0.4 is 16.0 Å². The standard InChI is InChI=1S/C22H22N4O6/c1-14(19(28)25-21(30)23-11-15-5-3-2-4-6-15)32-20(29)17-9-7-16(8-10-17)13-26-18(27)12-24-22(26)31/h2-10,14H,11-13H2,1H3,(H,24,31)(H2,23,25,28,30). The van der Waals surface area contributed by atoms with E-state index in [1.165, 1.54) is 19.1 Å². The van der Waals surface area contributed by atoms with Crippen molar-refractivity contribution < 1.29 is 28.7 Å². The Balaban J connectivity index is 1.46. The van der Waals surface area contributed by atoms with Crippen LogP contribution in [0.25, 0.3) is 0 Å². The summed E-state index contributed by atoms with van der Waals surface area (Å²) in [4.78, 5) is 60.6. The molecule has 1 fully saturated rings. The Morgan fingerprint density at radius 2 is 1.72 bits per heavy atom. The molecule has 166 valence electrons. The number of nitrogens with zero attached hydrogens (tertiary/aromatic N) is 1. The minimum Gasteiger partial charge on any atom is -0.449 e. The van der Waals surface area contributed by atoms with Crippen molar-refractivity contribution in [3.05, 3.63) is 71.3 Å². The predicted octanol–water partition coefficient (Wildman–Crippen LogP) is 1.31. The van der Waals surface area contributed by atoms with Crippen LogP contribution in [-0.2, 0) is 27.4 Å². The summed E-state index contributed by atoms with van der Waals surface area (Å²) < 4.78 is 5.11. The lowest BCUT2D eigenvalue weighted by Gasteiger charge is -2.14. The average Bonchev–Trinajstić information content (AvgIpc) is 3.10. The normalized spacial score (nSPS) is 13.8. The second kappa shape index (κ2) is 10.2. The highest BCUT2D eigenvalue weighted by Crippen LogP contribution is 2.12. The van der Waals surface area contributed by atoms with Crippen molar-refractivity contribution in [2.24, 2.45) is 0 Å². The number of ether oxygens (including phenoxy) is 1. The molecule has 1 atom stereocenters. The number of hydrogen-bond donors (Lipinski definition) is 3. The highest BCUT2D eigenvalue weighted by atomic mass is 16.5. The van der Waals surface area contributed by atoms with Crippen molar-refractivity contribution in [3.8, 4) is 0 Å². The third-order valence-electron chi connectivity index (χ3n) is 4.65. The zero-order valence-electron chi connectivity index (χ0n) is 17.3. The lowest BCUT2D eigenvalue weighted by molar-refractivity contribution is -0.128. The van der Waals surface area contributed by atoms with Crippen LogP contribution >= 0.6 is 0 Å². The molecular formula is C22H22N4O6. The summed E-state index contributed by atoms with van der Waals surface area (Å²) in [6, 6.07) is 14.1. The molecule has 2 aromatic carbocycles. The van der Waals surface area contributed by atoms with E-state index in [1.807, 2.05) is 30.3 Å². The summed E-state index contributed by atoms with van der Waals surface area (Å²) in [5, 5.41) is 7.10. The third kappa shape index (κ3) is 5.91. The van der Waals surface area contributed by atoms with Gasteiger partial charge in [-0.3, -0.25) is 19.8 Å². The Bertz CT molecular complexity index is 1010. The van der Waals surface area contributed by atoms with Gasteiger partial charge in [0, 0.05) is 6.54 Å². The second-order valence-electron chi connectivity index (χ2n) is 7.04. The minimum absolute atomic E-state index is 0.0343. The van der Waals surface area contributed by atoms with Crippen molar-refractivity contribution >= 4 is 29.8 Å². The SMILES string of the molecule is CC(OC(=O)c1ccc(CN2C(=O)CNC2=O)cc1)C(=O)NC(=O)NCc1ccccc1. The van der Waals surface area contributed by atoms with Gasteiger partial charge >= 0.3 is 18.0 Å². The summed E-state index contributed by atoms with van der Waals surface area (Å²) in [5.41, 5.74) is 1.69. The number of rotatable bonds is 7. The van der Waals surface area contributed by atoms with Gasteiger partial charge in [0.15, 0.2) is 6.10 Å². The first-order valence-corrected chi connectivity index (χ1v) is 9.84. The highest BCUT2D eigenvalue weighted by Gasteiger charge is 2.28. The molecule has 32 heavy (non-hydrogen) atoms. The summed E-state index contributed by atoms with van der Waals surface area (Å²) in [6.45, 7) is 1.64. The molecule has 1 heterocycles. The van der Waals surface area contributed by atoms with E-state index >= 15 is 0 Å². The van der Waals surface area contributed by atoms with E-state index in [-0.39, 0.29) is 31.1 Å². The molecule has 3 N–H and O–H groups in total. The summed E-state index contributed by atoms with van der Waals surface area (Å²) in [7, 11) is 0. The maximum absolute atomic E-state index is 12.3. The van der Waals surface area contributed by atoms with E-state index < -0.39 is 30.0 Å². The van der Waals surface area contributed by atoms with Crippen molar-refractivity contribution in [2.75, 3.05) is 6.54 Å². The number of imide groups is 2. The van der Waals surface area contributed by atoms with Gasteiger partial charge in [0.1, 0.15) is 0 Å². The van der Waals surface area contributed by atoms with Gasteiger partial charge in [0.2, 0.25) is 5.91 Å². The molecule has 6 amide bonds. The molecule has 0 aromatic heterocycles. The molecule has 0 saturated carbocycles.